The van der Waals surface area contributed by atoms with Gasteiger partial charge in [0.25, 0.3) is 5.69 Å². The molecule has 31 heavy (non-hydrogen) atoms. The number of benzene rings is 1. The van der Waals surface area contributed by atoms with Crippen molar-refractivity contribution in [3.63, 3.8) is 0 Å². The summed E-state index contributed by atoms with van der Waals surface area (Å²) in [5.74, 6) is -0.156. The average molecular weight is 429 g/mol. The van der Waals surface area contributed by atoms with Gasteiger partial charge in [0.15, 0.2) is 0 Å². The number of carbonyl (C=O) groups excluding carboxylic acids is 1. The van der Waals surface area contributed by atoms with Crippen LogP contribution in [0.4, 0.5) is 11.4 Å². The second-order valence-corrected chi connectivity index (χ2v) is 9.45. The van der Waals surface area contributed by atoms with Gasteiger partial charge in [0.1, 0.15) is 0 Å². The van der Waals surface area contributed by atoms with Crippen molar-refractivity contribution in [3.8, 4) is 0 Å². The van der Waals surface area contributed by atoms with E-state index in [1.807, 2.05) is 6.07 Å². The minimum atomic E-state index is -0.350. The Bertz CT molecular complexity index is 835. The number of nitro groups is 1. The van der Waals surface area contributed by atoms with Gasteiger partial charge >= 0.3 is 0 Å². The first-order valence-corrected chi connectivity index (χ1v) is 11.8. The Hall–Kier alpha value is -2.19. The first-order valence-electron chi connectivity index (χ1n) is 11.8. The van der Waals surface area contributed by atoms with Crippen molar-refractivity contribution in [2.75, 3.05) is 37.7 Å². The van der Waals surface area contributed by atoms with Crippen LogP contribution in [-0.4, -0.2) is 66.7 Å². The number of hydrogen-bond acceptors (Lipinski definition) is 6. The van der Waals surface area contributed by atoms with Crippen molar-refractivity contribution in [1.29, 1.82) is 0 Å². The van der Waals surface area contributed by atoms with Gasteiger partial charge in [-0.2, -0.15) is 0 Å². The van der Waals surface area contributed by atoms with Crippen molar-refractivity contribution in [2.45, 2.75) is 63.1 Å². The predicted molar refractivity (Wildman–Crippen MR) is 117 cm³/mol. The summed E-state index contributed by atoms with van der Waals surface area (Å²) in [6, 6.07) is 5.88. The van der Waals surface area contributed by atoms with Crippen molar-refractivity contribution in [1.82, 2.24) is 10.2 Å². The molecule has 3 fully saturated rings. The summed E-state index contributed by atoms with van der Waals surface area (Å²) in [5, 5.41) is 14.5. The lowest BCUT2D eigenvalue weighted by Gasteiger charge is -2.50. The number of carbonyl (C=O) groups is 1. The lowest BCUT2D eigenvalue weighted by Crippen LogP contribution is -2.62. The number of anilines is 1. The van der Waals surface area contributed by atoms with Crippen LogP contribution in [0.3, 0.4) is 0 Å². The first-order chi connectivity index (χ1) is 15.1. The van der Waals surface area contributed by atoms with Gasteiger partial charge in [-0.15, -0.1) is 0 Å². The van der Waals surface area contributed by atoms with E-state index in [2.05, 4.69) is 15.1 Å². The third-order valence-electron chi connectivity index (χ3n) is 7.64. The second kappa shape index (κ2) is 8.74. The van der Waals surface area contributed by atoms with Gasteiger partial charge in [-0.3, -0.25) is 19.8 Å². The molecule has 0 spiro atoms. The topological polar surface area (TPSA) is 87.9 Å². The van der Waals surface area contributed by atoms with E-state index in [1.54, 1.807) is 12.1 Å². The molecule has 8 nitrogen and oxygen atoms in total. The van der Waals surface area contributed by atoms with Gasteiger partial charge in [0.2, 0.25) is 5.91 Å². The number of nitrogens with zero attached hydrogens (tertiary/aromatic N) is 3. The Balaban J connectivity index is 1.38. The molecule has 168 valence electrons. The molecule has 1 aromatic carbocycles. The number of rotatable bonds is 5. The zero-order valence-electron chi connectivity index (χ0n) is 18.0. The largest absolute Gasteiger partial charge is 0.376 e. The van der Waals surface area contributed by atoms with E-state index < -0.39 is 0 Å². The van der Waals surface area contributed by atoms with Gasteiger partial charge in [0, 0.05) is 56.6 Å². The zero-order chi connectivity index (χ0) is 21.4. The summed E-state index contributed by atoms with van der Waals surface area (Å²) in [6.07, 6.45) is 7.81. The number of non-ortho nitro benzene ring substituents is 1. The van der Waals surface area contributed by atoms with Crippen LogP contribution in [-0.2, 0) is 16.0 Å². The van der Waals surface area contributed by atoms with Crippen LogP contribution in [0.1, 0.15) is 44.1 Å². The standard InChI is InChI=1S/C23H32N4O4/c28-23(24-14-19-6-3-11-31-19)20-13-16-12-18(27(29)30)7-8-21(16)26-10-9-25(15-22(20)26)17-4-1-2-5-17/h7-8,12,17,19-20,22H,1-6,9-11,13-15H2,(H,24,28)/t19-,20+,22+/m0/s1. The van der Waals surface area contributed by atoms with E-state index >= 15 is 0 Å². The molecular weight excluding hydrogens is 396 g/mol. The van der Waals surface area contributed by atoms with E-state index in [4.69, 9.17) is 4.74 Å². The Morgan fingerprint density at radius 2 is 2.03 bits per heavy atom. The smallest absolute Gasteiger partial charge is 0.269 e. The maximum atomic E-state index is 13.3. The molecule has 3 aliphatic heterocycles. The molecule has 3 atom stereocenters. The summed E-state index contributed by atoms with van der Waals surface area (Å²) in [5.41, 5.74) is 2.07. The summed E-state index contributed by atoms with van der Waals surface area (Å²) in [7, 11) is 0. The molecule has 1 saturated carbocycles. The maximum Gasteiger partial charge on any atom is 0.269 e. The normalized spacial score (nSPS) is 28.9. The first kappa shape index (κ1) is 20.7. The van der Waals surface area contributed by atoms with Gasteiger partial charge < -0.3 is 15.0 Å². The summed E-state index contributed by atoms with van der Waals surface area (Å²) in [6.45, 7) is 4.06. The van der Waals surface area contributed by atoms with E-state index in [0.29, 0.717) is 19.0 Å². The number of ether oxygens (including phenoxy) is 1. The fraction of sp³-hybridized carbons (Fsp3) is 0.696. The van der Waals surface area contributed by atoms with Gasteiger partial charge in [-0.1, -0.05) is 12.8 Å². The highest BCUT2D eigenvalue weighted by Gasteiger charge is 2.43. The average Bonchev–Trinajstić information content (AvgIpc) is 3.50. The molecule has 1 aromatic rings. The maximum absolute atomic E-state index is 13.3. The molecule has 0 unspecified atom stereocenters. The number of nitrogens with one attached hydrogen (secondary N) is 1. The highest BCUT2D eigenvalue weighted by Crippen LogP contribution is 2.39. The van der Waals surface area contributed by atoms with Crippen LogP contribution in [0.15, 0.2) is 18.2 Å². The molecule has 2 saturated heterocycles. The van der Waals surface area contributed by atoms with Crippen molar-refractivity contribution < 1.29 is 14.5 Å². The molecule has 1 aliphatic carbocycles. The van der Waals surface area contributed by atoms with Crippen LogP contribution in [0.25, 0.3) is 0 Å². The molecule has 8 heteroatoms. The molecule has 0 aromatic heterocycles. The van der Waals surface area contributed by atoms with E-state index in [-0.39, 0.29) is 34.6 Å². The Morgan fingerprint density at radius 3 is 2.77 bits per heavy atom. The quantitative estimate of drug-likeness (QED) is 0.573. The minimum absolute atomic E-state index is 0.0518. The predicted octanol–water partition coefficient (Wildman–Crippen LogP) is 2.50. The number of amides is 1. The lowest BCUT2D eigenvalue weighted by molar-refractivity contribution is -0.384. The summed E-state index contributed by atoms with van der Waals surface area (Å²) >= 11 is 0. The number of fused-ring (bicyclic) bond motifs is 3. The molecule has 0 bridgehead atoms. The van der Waals surface area contributed by atoms with Gasteiger partial charge in [-0.25, -0.2) is 0 Å². The van der Waals surface area contributed by atoms with Crippen molar-refractivity contribution in [3.05, 3.63) is 33.9 Å². The molecule has 4 aliphatic rings. The second-order valence-electron chi connectivity index (χ2n) is 9.45. The molecular formula is C23H32N4O4. The summed E-state index contributed by atoms with van der Waals surface area (Å²) in [4.78, 5) is 29.2. The van der Waals surface area contributed by atoms with Crippen LogP contribution >= 0.6 is 0 Å². The monoisotopic (exact) mass is 428 g/mol. The molecule has 5 rings (SSSR count). The number of piperazine rings is 1. The van der Waals surface area contributed by atoms with Crippen LogP contribution in [0.5, 0.6) is 0 Å². The fourth-order valence-corrected chi connectivity index (χ4v) is 6.00. The Labute approximate surface area is 183 Å². The third kappa shape index (κ3) is 4.15. The minimum Gasteiger partial charge on any atom is -0.376 e. The van der Waals surface area contributed by atoms with Crippen LogP contribution in [0, 0.1) is 16.0 Å². The molecule has 3 heterocycles. The Kier molecular flexibility index (Phi) is 5.84. The Morgan fingerprint density at radius 1 is 1.19 bits per heavy atom. The third-order valence-corrected chi connectivity index (χ3v) is 7.64. The molecule has 1 N–H and O–H groups in total. The van der Waals surface area contributed by atoms with E-state index in [0.717, 1.165) is 50.3 Å². The van der Waals surface area contributed by atoms with E-state index in [9.17, 15) is 14.9 Å². The highest BCUT2D eigenvalue weighted by molar-refractivity contribution is 5.82. The van der Waals surface area contributed by atoms with Crippen molar-refractivity contribution in [2.24, 2.45) is 5.92 Å². The van der Waals surface area contributed by atoms with Crippen LogP contribution in [0.2, 0.25) is 0 Å². The lowest BCUT2D eigenvalue weighted by atomic mass is 9.82. The fourth-order valence-electron chi connectivity index (χ4n) is 6.00. The van der Waals surface area contributed by atoms with Crippen molar-refractivity contribution >= 4 is 17.3 Å². The summed E-state index contributed by atoms with van der Waals surface area (Å²) < 4.78 is 5.67. The number of hydrogen-bond donors (Lipinski definition) is 1. The zero-order valence-corrected chi connectivity index (χ0v) is 18.0. The molecule has 1 amide bonds. The van der Waals surface area contributed by atoms with Gasteiger partial charge in [0.05, 0.1) is 23.0 Å². The SMILES string of the molecule is O=C(NC[C@@H]1CCCO1)[C@@H]1Cc2cc([N+](=O)[O-])ccc2N2CCN(C3CCCC3)C[C@H]12. The van der Waals surface area contributed by atoms with Gasteiger partial charge in [-0.05, 0) is 43.7 Å². The highest BCUT2D eigenvalue weighted by atomic mass is 16.6. The molecule has 0 radical (unpaired) electrons. The number of nitro benzene ring substituents is 1. The van der Waals surface area contributed by atoms with E-state index in [1.165, 1.54) is 25.7 Å². The van der Waals surface area contributed by atoms with Crippen LogP contribution < -0.4 is 10.2 Å².